The molecule has 0 radical (unpaired) electrons. The Labute approximate surface area is 144 Å². The number of aromatic nitrogens is 1. The highest BCUT2D eigenvalue weighted by atomic mass is 16.5. The van der Waals surface area contributed by atoms with Gasteiger partial charge in [0.25, 0.3) is 0 Å². The third-order valence-corrected chi connectivity index (χ3v) is 4.09. The number of para-hydroxylation sites is 2. The van der Waals surface area contributed by atoms with Gasteiger partial charge in [0.2, 0.25) is 0 Å². The Morgan fingerprint density at radius 3 is 2.48 bits per heavy atom. The van der Waals surface area contributed by atoms with E-state index in [1.54, 1.807) is 6.07 Å². The van der Waals surface area contributed by atoms with Crippen molar-refractivity contribution in [2.45, 2.75) is 6.54 Å². The van der Waals surface area contributed by atoms with E-state index in [9.17, 15) is 10.2 Å². The van der Waals surface area contributed by atoms with Crippen molar-refractivity contribution in [2.75, 3.05) is 5.32 Å². The predicted octanol–water partition coefficient (Wildman–Crippen LogP) is 4.52. The molecule has 0 saturated heterocycles. The van der Waals surface area contributed by atoms with Gasteiger partial charge in [-0.3, -0.25) is 0 Å². The first-order valence-corrected chi connectivity index (χ1v) is 7.91. The van der Waals surface area contributed by atoms with Crippen LogP contribution in [0.15, 0.2) is 71.3 Å². The largest absolute Gasteiger partial charge is 0.507 e. The normalized spacial score (nSPS) is 10.9. The molecule has 0 aliphatic carbocycles. The summed E-state index contributed by atoms with van der Waals surface area (Å²) in [6.45, 7) is 0.416. The molecule has 1 heterocycles. The van der Waals surface area contributed by atoms with Crippen LogP contribution < -0.4 is 5.32 Å². The van der Waals surface area contributed by atoms with Gasteiger partial charge in [-0.2, -0.15) is 0 Å². The summed E-state index contributed by atoms with van der Waals surface area (Å²) in [7, 11) is 0. The lowest BCUT2D eigenvalue weighted by Gasteiger charge is -2.11. The van der Waals surface area contributed by atoms with Gasteiger partial charge in [-0.1, -0.05) is 35.5 Å². The second kappa shape index (κ2) is 6.20. The van der Waals surface area contributed by atoms with E-state index < -0.39 is 0 Å². The Morgan fingerprint density at radius 2 is 1.64 bits per heavy atom. The van der Waals surface area contributed by atoms with Gasteiger partial charge in [-0.05, 0) is 30.3 Å². The fourth-order valence-electron chi connectivity index (χ4n) is 2.79. The van der Waals surface area contributed by atoms with E-state index in [1.807, 2.05) is 54.6 Å². The molecular formula is C20H16N2O3. The topological polar surface area (TPSA) is 78.5 Å². The molecule has 0 bridgehead atoms. The molecule has 5 heteroatoms. The van der Waals surface area contributed by atoms with Gasteiger partial charge in [0.1, 0.15) is 17.2 Å². The summed E-state index contributed by atoms with van der Waals surface area (Å²) in [5.41, 5.74) is 3.32. The number of anilines is 1. The quantitative estimate of drug-likeness (QED) is 0.512. The standard InChI is InChI=1S/C20H16N2O3/c23-17-11-18(24)16(20-15-8-4-5-9-19(15)25-22-20)10-13(17)12-21-14-6-2-1-3-7-14/h1-11,21,23-24H,12H2. The Morgan fingerprint density at radius 1 is 0.880 bits per heavy atom. The van der Waals surface area contributed by atoms with E-state index in [-0.39, 0.29) is 11.5 Å². The van der Waals surface area contributed by atoms with Crippen LogP contribution in [0.3, 0.4) is 0 Å². The van der Waals surface area contributed by atoms with Gasteiger partial charge in [0, 0.05) is 34.8 Å². The number of phenolic OH excluding ortho intramolecular Hbond substituents is 2. The van der Waals surface area contributed by atoms with Crippen LogP contribution in [-0.4, -0.2) is 15.4 Å². The number of fused-ring (bicyclic) bond motifs is 1. The van der Waals surface area contributed by atoms with E-state index in [0.29, 0.717) is 28.9 Å². The first-order valence-electron chi connectivity index (χ1n) is 7.91. The molecule has 0 unspecified atom stereocenters. The van der Waals surface area contributed by atoms with Gasteiger partial charge in [0.15, 0.2) is 5.58 Å². The summed E-state index contributed by atoms with van der Waals surface area (Å²) in [4.78, 5) is 0. The molecule has 0 spiro atoms. The molecule has 3 aromatic carbocycles. The van der Waals surface area contributed by atoms with Crippen molar-refractivity contribution in [3.05, 3.63) is 72.3 Å². The average Bonchev–Trinajstić information content (AvgIpc) is 3.06. The van der Waals surface area contributed by atoms with Crippen LogP contribution in [0, 0.1) is 0 Å². The Kier molecular flexibility index (Phi) is 3.74. The number of nitrogens with zero attached hydrogens (tertiary/aromatic N) is 1. The van der Waals surface area contributed by atoms with Crippen LogP contribution in [0.4, 0.5) is 5.69 Å². The first kappa shape index (κ1) is 15.1. The zero-order valence-electron chi connectivity index (χ0n) is 13.3. The fourth-order valence-corrected chi connectivity index (χ4v) is 2.79. The number of phenols is 2. The third-order valence-electron chi connectivity index (χ3n) is 4.09. The molecule has 0 fully saturated rings. The maximum atomic E-state index is 10.3. The van der Waals surface area contributed by atoms with Gasteiger partial charge in [-0.15, -0.1) is 0 Å². The van der Waals surface area contributed by atoms with Crippen LogP contribution in [0.5, 0.6) is 11.5 Å². The second-order valence-corrected chi connectivity index (χ2v) is 5.74. The molecule has 3 N–H and O–H groups in total. The summed E-state index contributed by atoms with van der Waals surface area (Å²) in [5.74, 6) is -0.0162. The van der Waals surface area contributed by atoms with E-state index in [2.05, 4.69) is 10.5 Å². The lowest BCUT2D eigenvalue weighted by Crippen LogP contribution is -2.00. The SMILES string of the molecule is Oc1cc(O)c(-c2noc3ccccc23)cc1CNc1ccccc1. The lowest BCUT2D eigenvalue weighted by atomic mass is 10.0. The summed E-state index contributed by atoms with van der Waals surface area (Å²) < 4.78 is 5.32. The van der Waals surface area contributed by atoms with Crippen LogP contribution in [-0.2, 0) is 6.54 Å². The minimum atomic E-state index is -0.0417. The molecule has 124 valence electrons. The summed E-state index contributed by atoms with van der Waals surface area (Å²) in [6, 6.07) is 20.2. The van der Waals surface area contributed by atoms with Crippen molar-refractivity contribution in [3.8, 4) is 22.8 Å². The Bertz CT molecular complexity index is 1030. The van der Waals surface area contributed by atoms with Crippen molar-refractivity contribution in [1.82, 2.24) is 5.16 Å². The minimum Gasteiger partial charge on any atom is -0.507 e. The maximum absolute atomic E-state index is 10.3. The van der Waals surface area contributed by atoms with Crippen LogP contribution >= 0.6 is 0 Å². The number of hydrogen-bond donors (Lipinski definition) is 3. The molecule has 5 nitrogen and oxygen atoms in total. The van der Waals surface area contributed by atoms with Gasteiger partial charge in [0.05, 0.1) is 0 Å². The third kappa shape index (κ3) is 2.87. The van der Waals surface area contributed by atoms with E-state index in [4.69, 9.17) is 4.52 Å². The number of aromatic hydroxyl groups is 2. The van der Waals surface area contributed by atoms with Gasteiger partial charge < -0.3 is 20.1 Å². The second-order valence-electron chi connectivity index (χ2n) is 5.74. The zero-order chi connectivity index (χ0) is 17.2. The molecule has 0 saturated carbocycles. The summed E-state index contributed by atoms with van der Waals surface area (Å²) in [5, 5.41) is 28.6. The minimum absolute atomic E-state index is 0.0254. The molecule has 25 heavy (non-hydrogen) atoms. The summed E-state index contributed by atoms with van der Waals surface area (Å²) in [6.07, 6.45) is 0. The van der Waals surface area contributed by atoms with Crippen molar-refractivity contribution < 1.29 is 14.7 Å². The highest BCUT2D eigenvalue weighted by Gasteiger charge is 2.16. The van der Waals surface area contributed by atoms with Gasteiger partial charge >= 0.3 is 0 Å². The van der Waals surface area contributed by atoms with Gasteiger partial charge in [-0.25, -0.2) is 0 Å². The first-order chi connectivity index (χ1) is 12.2. The van der Waals surface area contributed by atoms with Crippen LogP contribution in [0.1, 0.15) is 5.56 Å². The number of nitrogens with one attached hydrogen (secondary N) is 1. The summed E-state index contributed by atoms with van der Waals surface area (Å²) >= 11 is 0. The Balaban J connectivity index is 1.71. The molecule has 4 rings (SSSR count). The number of hydrogen-bond acceptors (Lipinski definition) is 5. The molecular weight excluding hydrogens is 316 g/mol. The van der Waals surface area contributed by atoms with E-state index >= 15 is 0 Å². The van der Waals surface area contributed by atoms with E-state index in [0.717, 1.165) is 11.1 Å². The average molecular weight is 332 g/mol. The smallest absolute Gasteiger partial charge is 0.167 e. The van der Waals surface area contributed by atoms with Crippen molar-refractivity contribution in [3.63, 3.8) is 0 Å². The molecule has 0 aliphatic heterocycles. The number of benzene rings is 3. The fraction of sp³-hybridized carbons (Fsp3) is 0.0500. The zero-order valence-corrected chi connectivity index (χ0v) is 13.3. The monoisotopic (exact) mass is 332 g/mol. The molecule has 0 amide bonds. The molecule has 4 aromatic rings. The molecule has 1 aromatic heterocycles. The maximum Gasteiger partial charge on any atom is 0.167 e. The van der Waals surface area contributed by atoms with Crippen molar-refractivity contribution in [2.24, 2.45) is 0 Å². The molecule has 0 aliphatic rings. The highest BCUT2D eigenvalue weighted by Crippen LogP contribution is 2.37. The van der Waals surface area contributed by atoms with Crippen LogP contribution in [0.2, 0.25) is 0 Å². The predicted molar refractivity (Wildman–Crippen MR) is 96.5 cm³/mol. The van der Waals surface area contributed by atoms with Crippen molar-refractivity contribution >= 4 is 16.7 Å². The highest BCUT2D eigenvalue weighted by molar-refractivity contribution is 5.93. The molecule has 0 atom stereocenters. The van der Waals surface area contributed by atoms with Crippen LogP contribution in [0.25, 0.3) is 22.2 Å². The number of rotatable bonds is 4. The lowest BCUT2D eigenvalue weighted by molar-refractivity contribution is 0.444. The Hall–Kier alpha value is -3.47. The van der Waals surface area contributed by atoms with E-state index in [1.165, 1.54) is 6.07 Å². The van der Waals surface area contributed by atoms with Crippen molar-refractivity contribution in [1.29, 1.82) is 0 Å².